The van der Waals surface area contributed by atoms with Crippen LogP contribution in [0.2, 0.25) is 0 Å². The maximum Gasteiger partial charge on any atom is 0.0608 e. The molecule has 2 saturated carbocycles. The maximum atomic E-state index is 10.5. The second kappa shape index (κ2) is 6.04. The lowest BCUT2D eigenvalue weighted by Crippen LogP contribution is -2.34. The average molecular weight is 259 g/mol. The fourth-order valence-electron chi connectivity index (χ4n) is 4.19. The third-order valence-electron chi connectivity index (χ3n) is 5.32. The summed E-state index contributed by atoms with van der Waals surface area (Å²) in [4.78, 5) is 4.04. The van der Waals surface area contributed by atoms with Gasteiger partial charge in [-0.2, -0.15) is 0 Å². The summed E-state index contributed by atoms with van der Waals surface area (Å²) >= 11 is 0. The lowest BCUT2D eigenvalue weighted by molar-refractivity contribution is 0.0361. The molecule has 19 heavy (non-hydrogen) atoms. The SMILES string of the molecule is OC(Cc1ccncc1)C1CCC2CCCCC2C1. The van der Waals surface area contributed by atoms with E-state index in [1.165, 1.54) is 50.5 Å². The van der Waals surface area contributed by atoms with Crippen LogP contribution < -0.4 is 0 Å². The molecule has 2 heteroatoms. The molecule has 4 unspecified atom stereocenters. The fourth-order valence-corrected chi connectivity index (χ4v) is 4.19. The Morgan fingerprint density at radius 2 is 1.79 bits per heavy atom. The number of hydrogen-bond donors (Lipinski definition) is 1. The molecule has 1 aromatic rings. The first-order valence-electron chi connectivity index (χ1n) is 7.90. The Balaban J connectivity index is 1.57. The summed E-state index contributed by atoms with van der Waals surface area (Å²) in [5.74, 6) is 2.39. The molecule has 0 aliphatic heterocycles. The molecule has 0 amide bonds. The van der Waals surface area contributed by atoms with E-state index in [0.717, 1.165) is 18.3 Å². The van der Waals surface area contributed by atoms with Gasteiger partial charge in [0.1, 0.15) is 0 Å². The van der Waals surface area contributed by atoms with Gasteiger partial charge in [0.15, 0.2) is 0 Å². The smallest absolute Gasteiger partial charge is 0.0608 e. The van der Waals surface area contributed by atoms with Crippen molar-refractivity contribution in [2.75, 3.05) is 0 Å². The third-order valence-corrected chi connectivity index (χ3v) is 5.32. The van der Waals surface area contributed by atoms with Gasteiger partial charge < -0.3 is 5.11 Å². The minimum atomic E-state index is -0.162. The molecule has 2 nitrogen and oxygen atoms in total. The zero-order valence-electron chi connectivity index (χ0n) is 11.7. The van der Waals surface area contributed by atoms with E-state index in [0.29, 0.717) is 5.92 Å². The number of aliphatic hydroxyl groups excluding tert-OH is 1. The molecule has 2 fully saturated rings. The van der Waals surface area contributed by atoms with Gasteiger partial charge in [-0.25, -0.2) is 0 Å². The molecule has 1 aromatic heterocycles. The Bertz CT molecular complexity index is 392. The van der Waals surface area contributed by atoms with E-state index in [4.69, 9.17) is 0 Å². The van der Waals surface area contributed by atoms with Gasteiger partial charge in [-0.05, 0) is 61.1 Å². The zero-order valence-corrected chi connectivity index (χ0v) is 11.7. The summed E-state index contributed by atoms with van der Waals surface area (Å²) in [6.07, 6.45) is 13.8. The highest BCUT2D eigenvalue weighted by molar-refractivity contribution is 5.11. The molecule has 0 bridgehead atoms. The Hall–Kier alpha value is -0.890. The number of aliphatic hydroxyl groups is 1. The number of aromatic nitrogens is 1. The molecule has 0 saturated heterocycles. The Morgan fingerprint density at radius 3 is 2.58 bits per heavy atom. The van der Waals surface area contributed by atoms with Crippen LogP contribution in [0.15, 0.2) is 24.5 Å². The monoisotopic (exact) mass is 259 g/mol. The van der Waals surface area contributed by atoms with Crippen LogP contribution >= 0.6 is 0 Å². The first-order chi connectivity index (χ1) is 9.33. The van der Waals surface area contributed by atoms with Crippen LogP contribution in [0.4, 0.5) is 0 Å². The lowest BCUT2D eigenvalue weighted by Gasteiger charge is -2.40. The van der Waals surface area contributed by atoms with E-state index in [1.54, 1.807) is 0 Å². The molecule has 3 rings (SSSR count). The van der Waals surface area contributed by atoms with E-state index >= 15 is 0 Å². The van der Waals surface area contributed by atoms with Crippen molar-refractivity contribution in [1.82, 2.24) is 4.98 Å². The molecule has 1 heterocycles. The topological polar surface area (TPSA) is 33.1 Å². The Morgan fingerprint density at radius 1 is 1.05 bits per heavy atom. The largest absolute Gasteiger partial charge is 0.392 e. The third kappa shape index (κ3) is 3.17. The van der Waals surface area contributed by atoms with Gasteiger partial charge in [-0.3, -0.25) is 4.98 Å². The van der Waals surface area contributed by atoms with Crippen molar-refractivity contribution in [3.8, 4) is 0 Å². The number of hydrogen-bond acceptors (Lipinski definition) is 2. The summed E-state index contributed by atoms with van der Waals surface area (Å²) < 4.78 is 0. The summed E-state index contributed by atoms with van der Waals surface area (Å²) in [5.41, 5.74) is 1.22. The van der Waals surface area contributed by atoms with Gasteiger partial charge in [0.25, 0.3) is 0 Å². The van der Waals surface area contributed by atoms with Crippen molar-refractivity contribution < 1.29 is 5.11 Å². The fraction of sp³-hybridized carbons (Fsp3) is 0.706. The number of pyridine rings is 1. The molecular weight excluding hydrogens is 234 g/mol. The van der Waals surface area contributed by atoms with Crippen molar-refractivity contribution in [3.63, 3.8) is 0 Å². The van der Waals surface area contributed by atoms with E-state index in [2.05, 4.69) is 4.98 Å². The second-order valence-corrected chi connectivity index (χ2v) is 6.50. The van der Waals surface area contributed by atoms with Crippen molar-refractivity contribution in [2.24, 2.45) is 17.8 Å². The minimum absolute atomic E-state index is 0.162. The van der Waals surface area contributed by atoms with Crippen molar-refractivity contribution in [3.05, 3.63) is 30.1 Å². The van der Waals surface area contributed by atoms with E-state index in [1.807, 2.05) is 24.5 Å². The van der Waals surface area contributed by atoms with Crippen LogP contribution in [0, 0.1) is 17.8 Å². The quantitative estimate of drug-likeness (QED) is 0.900. The lowest BCUT2D eigenvalue weighted by atomic mass is 9.66. The van der Waals surface area contributed by atoms with Crippen LogP contribution in [0.3, 0.4) is 0 Å². The highest BCUT2D eigenvalue weighted by Gasteiger charge is 2.34. The molecule has 4 atom stereocenters. The van der Waals surface area contributed by atoms with E-state index in [-0.39, 0.29) is 6.10 Å². The van der Waals surface area contributed by atoms with Gasteiger partial charge in [-0.1, -0.05) is 25.7 Å². The number of rotatable bonds is 3. The molecule has 1 N–H and O–H groups in total. The molecule has 0 spiro atoms. The van der Waals surface area contributed by atoms with Crippen molar-refractivity contribution in [2.45, 2.75) is 57.5 Å². The van der Waals surface area contributed by atoms with Crippen LogP contribution in [-0.4, -0.2) is 16.2 Å². The molecule has 104 valence electrons. The van der Waals surface area contributed by atoms with Crippen LogP contribution in [0.5, 0.6) is 0 Å². The van der Waals surface area contributed by atoms with Crippen LogP contribution in [0.1, 0.15) is 50.5 Å². The first-order valence-corrected chi connectivity index (χ1v) is 7.90. The van der Waals surface area contributed by atoms with Gasteiger partial charge in [-0.15, -0.1) is 0 Å². The first kappa shape index (κ1) is 13.1. The zero-order chi connectivity index (χ0) is 13.1. The predicted octanol–water partition coefficient (Wildman–Crippen LogP) is 3.59. The van der Waals surface area contributed by atoms with Gasteiger partial charge in [0, 0.05) is 12.4 Å². The number of fused-ring (bicyclic) bond motifs is 1. The van der Waals surface area contributed by atoms with E-state index < -0.39 is 0 Å². The van der Waals surface area contributed by atoms with Crippen molar-refractivity contribution in [1.29, 1.82) is 0 Å². The van der Waals surface area contributed by atoms with Gasteiger partial charge in [0.05, 0.1) is 6.10 Å². The normalized spacial score (nSPS) is 32.6. The molecule has 0 radical (unpaired) electrons. The maximum absolute atomic E-state index is 10.5. The number of nitrogens with zero attached hydrogens (tertiary/aromatic N) is 1. The molecule has 2 aliphatic carbocycles. The second-order valence-electron chi connectivity index (χ2n) is 6.50. The van der Waals surface area contributed by atoms with Crippen molar-refractivity contribution >= 4 is 0 Å². The molecular formula is C17H25NO. The van der Waals surface area contributed by atoms with E-state index in [9.17, 15) is 5.11 Å². The van der Waals surface area contributed by atoms with Gasteiger partial charge >= 0.3 is 0 Å². The highest BCUT2D eigenvalue weighted by atomic mass is 16.3. The average Bonchev–Trinajstić information content (AvgIpc) is 2.48. The Labute approximate surface area is 116 Å². The summed E-state index contributed by atoms with van der Waals surface area (Å²) in [6.45, 7) is 0. The summed E-state index contributed by atoms with van der Waals surface area (Å²) in [6, 6.07) is 4.05. The predicted molar refractivity (Wildman–Crippen MR) is 76.7 cm³/mol. The summed E-state index contributed by atoms with van der Waals surface area (Å²) in [5, 5.41) is 10.5. The molecule has 0 aromatic carbocycles. The van der Waals surface area contributed by atoms with Crippen LogP contribution in [0.25, 0.3) is 0 Å². The minimum Gasteiger partial charge on any atom is -0.392 e. The molecule has 2 aliphatic rings. The highest BCUT2D eigenvalue weighted by Crippen LogP contribution is 2.43. The van der Waals surface area contributed by atoms with Gasteiger partial charge in [0.2, 0.25) is 0 Å². The summed E-state index contributed by atoms with van der Waals surface area (Å²) in [7, 11) is 0. The Kier molecular flexibility index (Phi) is 4.17. The van der Waals surface area contributed by atoms with Crippen LogP contribution in [-0.2, 0) is 6.42 Å². The standard InChI is InChI=1S/C17H25NO/c19-17(11-13-7-9-18-10-8-13)16-6-5-14-3-1-2-4-15(14)12-16/h7-10,14-17,19H,1-6,11-12H2.